The molecule has 9 heteroatoms. The summed E-state index contributed by atoms with van der Waals surface area (Å²) in [5.41, 5.74) is 1.49. The van der Waals surface area contributed by atoms with Gasteiger partial charge in [0.05, 0.1) is 12.0 Å². The van der Waals surface area contributed by atoms with Crippen LogP contribution >= 0.6 is 12.2 Å². The lowest BCUT2D eigenvalue weighted by Crippen LogP contribution is -2.34. The van der Waals surface area contributed by atoms with Crippen LogP contribution in [0.1, 0.15) is 15.9 Å². The normalized spacial score (nSPS) is 10.1. The van der Waals surface area contributed by atoms with Crippen LogP contribution in [0.25, 0.3) is 0 Å². The minimum absolute atomic E-state index is 0.0000665. The molecule has 0 atom stereocenters. The Balaban J connectivity index is 1.61. The van der Waals surface area contributed by atoms with Crippen LogP contribution in [0.5, 0.6) is 11.5 Å². The Kier molecular flexibility index (Phi) is 7.13. The zero-order valence-corrected chi connectivity index (χ0v) is 17.3. The van der Waals surface area contributed by atoms with Crippen LogP contribution in [0.15, 0.2) is 72.8 Å². The van der Waals surface area contributed by atoms with E-state index in [4.69, 9.17) is 21.7 Å². The molecular weight excluding hydrogens is 418 g/mol. The molecule has 3 aromatic carbocycles. The van der Waals surface area contributed by atoms with Crippen molar-refractivity contribution in [3.05, 3.63) is 94.0 Å². The number of hydrogen-bond donors (Lipinski definition) is 2. The number of benzene rings is 3. The fourth-order valence-electron chi connectivity index (χ4n) is 2.72. The Bertz CT molecular complexity index is 1110. The van der Waals surface area contributed by atoms with Crippen LogP contribution in [0, 0.1) is 10.1 Å². The molecule has 0 unspecified atom stereocenters. The highest BCUT2D eigenvalue weighted by Gasteiger charge is 2.16. The number of carbonyl (C=O) groups excluding carboxylic acids is 1. The first kappa shape index (κ1) is 21.7. The fraction of sp³-hybridized carbons (Fsp3) is 0.0909. The molecule has 0 radical (unpaired) electrons. The van der Waals surface area contributed by atoms with Crippen LogP contribution in [0.2, 0.25) is 0 Å². The summed E-state index contributed by atoms with van der Waals surface area (Å²) in [6.07, 6.45) is 0. The van der Waals surface area contributed by atoms with Crippen LogP contribution in [0.3, 0.4) is 0 Å². The van der Waals surface area contributed by atoms with Crippen molar-refractivity contribution in [2.75, 3.05) is 12.4 Å². The van der Waals surface area contributed by atoms with Crippen molar-refractivity contribution < 1.29 is 19.2 Å². The fourth-order valence-corrected chi connectivity index (χ4v) is 2.93. The van der Waals surface area contributed by atoms with E-state index < -0.39 is 10.8 Å². The highest BCUT2D eigenvalue weighted by atomic mass is 32.1. The third-order valence-corrected chi connectivity index (χ3v) is 4.41. The summed E-state index contributed by atoms with van der Waals surface area (Å²) in [5, 5.41) is 16.4. The highest BCUT2D eigenvalue weighted by molar-refractivity contribution is 7.80. The Hall–Kier alpha value is -3.98. The SMILES string of the molecule is COc1ccc(NC(=S)NC(=O)c2cccc(OCc3ccccc3)c2)cc1[N+](=O)[O-]. The first-order chi connectivity index (χ1) is 15.0. The zero-order valence-electron chi connectivity index (χ0n) is 16.5. The lowest BCUT2D eigenvalue weighted by molar-refractivity contribution is -0.385. The summed E-state index contributed by atoms with van der Waals surface area (Å²) in [4.78, 5) is 23.1. The first-order valence-corrected chi connectivity index (χ1v) is 9.58. The third-order valence-electron chi connectivity index (χ3n) is 4.21. The molecule has 2 N–H and O–H groups in total. The molecule has 3 rings (SSSR count). The molecule has 1 amide bonds. The summed E-state index contributed by atoms with van der Waals surface area (Å²) >= 11 is 5.15. The van der Waals surface area contributed by atoms with Crippen molar-refractivity contribution in [1.29, 1.82) is 0 Å². The van der Waals surface area contributed by atoms with E-state index in [1.807, 2.05) is 30.3 Å². The largest absolute Gasteiger partial charge is 0.490 e. The quantitative estimate of drug-likeness (QED) is 0.323. The molecule has 0 aromatic heterocycles. The second kappa shape index (κ2) is 10.2. The number of methoxy groups -OCH3 is 1. The molecule has 158 valence electrons. The number of rotatable bonds is 7. The van der Waals surface area contributed by atoms with Crippen LogP contribution in [-0.2, 0) is 6.61 Å². The second-order valence-corrected chi connectivity index (χ2v) is 6.76. The second-order valence-electron chi connectivity index (χ2n) is 6.35. The van der Waals surface area contributed by atoms with Gasteiger partial charge < -0.3 is 14.8 Å². The number of thiocarbonyl (C=S) groups is 1. The average Bonchev–Trinajstić information content (AvgIpc) is 2.78. The number of carbonyl (C=O) groups is 1. The van der Waals surface area contributed by atoms with E-state index in [1.165, 1.54) is 19.2 Å². The van der Waals surface area contributed by atoms with Crippen molar-refractivity contribution in [1.82, 2.24) is 5.32 Å². The van der Waals surface area contributed by atoms with Gasteiger partial charge in [-0.25, -0.2) is 0 Å². The maximum Gasteiger partial charge on any atom is 0.312 e. The number of amides is 1. The molecule has 8 nitrogen and oxygen atoms in total. The van der Waals surface area contributed by atoms with Gasteiger partial charge in [-0.15, -0.1) is 0 Å². The summed E-state index contributed by atoms with van der Waals surface area (Å²) in [5.74, 6) is 0.227. The number of anilines is 1. The Morgan fingerprint density at radius 3 is 2.55 bits per heavy atom. The number of nitrogens with zero attached hydrogens (tertiary/aromatic N) is 1. The average molecular weight is 437 g/mol. The van der Waals surface area contributed by atoms with Crippen LogP contribution < -0.4 is 20.1 Å². The van der Waals surface area contributed by atoms with E-state index >= 15 is 0 Å². The molecule has 0 saturated heterocycles. The molecule has 0 saturated carbocycles. The molecule has 0 aliphatic heterocycles. The van der Waals surface area contributed by atoms with Crippen LogP contribution in [-0.4, -0.2) is 23.1 Å². The summed E-state index contributed by atoms with van der Waals surface area (Å²) in [6, 6.07) is 20.7. The van der Waals surface area contributed by atoms with E-state index in [0.29, 0.717) is 23.6 Å². The Morgan fingerprint density at radius 1 is 1.06 bits per heavy atom. The maximum atomic E-state index is 12.5. The van der Waals surface area contributed by atoms with Gasteiger partial charge in [-0.3, -0.25) is 20.2 Å². The van der Waals surface area contributed by atoms with E-state index in [1.54, 1.807) is 30.3 Å². The van der Waals surface area contributed by atoms with Gasteiger partial charge in [0.15, 0.2) is 10.9 Å². The van der Waals surface area contributed by atoms with Crippen molar-refractivity contribution in [2.24, 2.45) is 0 Å². The lowest BCUT2D eigenvalue weighted by atomic mass is 10.2. The van der Waals surface area contributed by atoms with Gasteiger partial charge in [0, 0.05) is 17.3 Å². The van der Waals surface area contributed by atoms with Crippen molar-refractivity contribution >= 4 is 34.6 Å². The number of nitrogens with one attached hydrogen (secondary N) is 2. The predicted octanol–water partition coefficient (Wildman–Crippen LogP) is 4.31. The summed E-state index contributed by atoms with van der Waals surface area (Å²) in [6.45, 7) is 0.377. The highest BCUT2D eigenvalue weighted by Crippen LogP contribution is 2.29. The molecule has 0 heterocycles. The van der Waals surface area contributed by atoms with E-state index in [0.717, 1.165) is 5.56 Å². The number of hydrogen-bond acceptors (Lipinski definition) is 6. The van der Waals surface area contributed by atoms with Gasteiger partial charge in [0.25, 0.3) is 5.91 Å². The van der Waals surface area contributed by atoms with Crippen LogP contribution in [0.4, 0.5) is 11.4 Å². The Morgan fingerprint density at radius 2 is 1.84 bits per heavy atom. The number of nitro groups is 1. The molecule has 3 aromatic rings. The van der Waals surface area contributed by atoms with E-state index in [2.05, 4.69) is 10.6 Å². The van der Waals surface area contributed by atoms with E-state index in [9.17, 15) is 14.9 Å². The minimum atomic E-state index is -0.563. The van der Waals surface area contributed by atoms with Crippen molar-refractivity contribution in [2.45, 2.75) is 6.61 Å². The molecule has 0 fully saturated rings. The third kappa shape index (κ3) is 6.00. The minimum Gasteiger partial charge on any atom is -0.490 e. The van der Waals surface area contributed by atoms with Gasteiger partial charge in [0.1, 0.15) is 12.4 Å². The molecule has 0 aliphatic rings. The molecular formula is C22H19N3O5S. The predicted molar refractivity (Wildman–Crippen MR) is 121 cm³/mol. The smallest absolute Gasteiger partial charge is 0.312 e. The van der Waals surface area contributed by atoms with Crippen molar-refractivity contribution in [3.63, 3.8) is 0 Å². The molecule has 31 heavy (non-hydrogen) atoms. The number of ether oxygens (including phenoxy) is 2. The molecule has 0 spiro atoms. The summed E-state index contributed by atoms with van der Waals surface area (Å²) < 4.78 is 10.7. The topological polar surface area (TPSA) is 103 Å². The van der Waals surface area contributed by atoms with Gasteiger partial charge >= 0.3 is 5.69 Å². The first-order valence-electron chi connectivity index (χ1n) is 9.18. The monoisotopic (exact) mass is 437 g/mol. The van der Waals surface area contributed by atoms with Gasteiger partial charge in [-0.1, -0.05) is 36.4 Å². The van der Waals surface area contributed by atoms with Gasteiger partial charge in [-0.05, 0) is 48.1 Å². The number of nitro benzene ring substituents is 1. The zero-order chi connectivity index (χ0) is 22.2. The summed E-state index contributed by atoms with van der Waals surface area (Å²) in [7, 11) is 1.35. The molecule has 0 bridgehead atoms. The standard InChI is InChI=1S/C22H19N3O5S/c1-29-20-11-10-17(13-19(20)25(27)28)23-22(31)24-21(26)16-8-5-9-18(12-16)30-14-15-6-3-2-4-7-15/h2-13H,14H2,1H3,(H2,23,24,26,31). The maximum absolute atomic E-state index is 12.5. The Labute approximate surface area is 184 Å². The van der Waals surface area contributed by atoms with Gasteiger partial charge in [0.2, 0.25) is 0 Å². The van der Waals surface area contributed by atoms with Gasteiger partial charge in [-0.2, -0.15) is 0 Å². The van der Waals surface area contributed by atoms with E-state index in [-0.39, 0.29) is 16.5 Å². The molecule has 0 aliphatic carbocycles. The van der Waals surface area contributed by atoms with Crippen molar-refractivity contribution in [3.8, 4) is 11.5 Å². The lowest BCUT2D eigenvalue weighted by Gasteiger charge is -2.11.